The van der Waals surface area contributed by atoms with Gasteiger partial charge in [0, 0.05) is 45.3 Å². The summed E-state index contributed by atoms with van der Waals surface area (Å²) in [6.45, 7) is 8.34. The van der Waals surface area contributed by atoms with Crippen molar-refractivity contribution in [1.29, 1.82) is 0 Å². The van der Waals surface area contributed by atoms with E-state index in [1.165, 1.54) is 6.92 Å². The van der Waals surface area contributed by atoms with Crippen LogP contribution in [0.25, 0.3) is 0 Å². The fraction of sp³-hybridized carbons (Fsp3) is 0.800. The van der Waals surface area contributed by atoms with E-state index in [-0.39, 0.29) is 45.5 Å². The van der Waals surface area contributed by atoms with Gasteiger partial charge >= 0.3 is 0 Å². The summed E-state index contributed by atoms with van der Waals surface area (Å²) in [4.78, 5) is 42.2. The largest absolute Gasteiger partial charge is 0.380 e. The van der Waals surface area contributed by atoms with Gasteiger partial charge in [-0.15, -0.1) is 0 Å². The van der Waals surface area contributed by atoms with Gasteiger partial charge in [-0.3, -0.25) is 9.59 Å². The van der Waals surface area contributed by atoms with E-state index in [4.69, 9.17) is 4.74 Å². The highest BCUT2D eigenvalue weighted by molar-refractivity contribution is 5.84. The molecule has 6 nitrogen and oxygen atoms in total. The molecule has 0 spiro atoms. The molecular weight excluding hydrogens is 334 g/mol. The van der Waals surface area contributed by atoms with Gasteiger partial charge in [0.2, 0.25) is 5.91 Å². The van der Waals surface area contributed by atoms with Gasteiger partial charge in [0.1, 0.15) is 17.3 Å². The van der Waals surface area contributed by atoms with E-state index in [0.717, 1.165) is 6.42 Å². The van der Waals surface area contributed by atoms with Crippen LogP contribution >= 0.6 is 0 Å². The Bertz CT molecular complexity index is 367. The maximum atomic E-state index is 10.8. The molecule has 1 amide bonds. The SMILES string of the molecule is C.C.C.CCC(=O)CCC(C)=O.CCC(=O)NCCOCCCC(C)=O. The number of ketones is 3. The number of carbonyl (C=O) groups excluding carboxylic acids is 4. The normalized spacial score (nSPS) is 8.46. The highest BCUT2D eigenvalue weighted by Gasteiger charge is 1.99. The number of hydrogen-bond acceptors (Lipinski definition) is 5. The standard InChI is InChI=1S/C10H19NO3.C7H12O2.3CH4/c1-3-10(13)11-6-8-14-7-4-5-9(2)12;1-3-7(9)5-4-6(2)8;;;/h3-8H2,1-2H3,(H,11,13);3-5H2,1-2H3;3*1H4. The highest BCUT2D eigenvalue weighted by Crippen LogP contribution is 1.94. The van der Waals surface area contributed by atoms with Crippen molar-refractivity contribution in [2.75, 3.05) is 19.8 Å². The van der Waals surface area contributed by atoms with Crippen LogP contribution in [0.2, 0.25) is 0 Å². The Morgan fingerprint density at radius 2 is 1.31 bits per heavy atom. The molecule has 0 rings (SSSR count). The molecule has 0 heterocycles. The Morgan fingerprint density at radius 3 is 1.73 bits per heavy atom. The van der Waals surface area contributed by atoms with Crippen LogP contribution in [0.3, 0.4) is 0 Å². The van der Waals surface area contributed by atoms with Gasteiger partial charge in [0.05, 0.1) is 6.61 Å². The molecule has 0 saturated heterocycles. The van der Waals surface area contributed by atoms with Gasteiger partial charge in [-0.1, -0.05) is 36.1 Å². The Balaban J connectivity index is -0.000000109. The highest BCUT2D eigenvalue weighted by atomic mass is 16.5. The van der Waals surface area contributed by atoms with Gasteiger partial charge in [0.25, 0.3) is 0 Å². The Morgan fingerprint density at radius 1 is 0.769 bits per heavy atom. The van der Waals surface area contributed by atoms with E-state index in [1.54, 1.807) is 6.92 Å². The van der Waals surface area contributed by atoms with Crippen molar-refractivity contribution in [3.63, 3.8) is 0 Å². The third-order valence-electron chi connectivity index (χ3n) is 2.86. The number of hydrogen-bond donors (Lipinski definition) is 1. The Hall–Kier alpha value is -1.56. The first-order valence-electron chi connectivity index (χ1n) is 8.18. The minimum atomic E-state index is 0. The minimum Gasteiger partial charge on any atom is -0.380 e. The topological polar surface area (TPSA) is 89.5 Å². The van der Waals surface area contributed by atoms with Crippen LogP contribution in [0.5, 0.6) is 0 Å². The second kappa shape index (κ2) is 25.7. The average molecular weight is 378 g/mol. The molecule has 0 aliphatic rings. The summed E-state index contributed by atoms with van der Waals surface area (Å²) < 4.78 is 5.21. The number of carbonyl (C=O) groups is 4. The molecule has 0 fully saturated rings. The molecule has 1 N–H and O–H groups in total. The molecule has 26 heavy (non-hydrogen) atoms. The van der Waals surface area contributed by atoms with Gasteiger partial charge in [-0.05, 0) is 20.3 Å². The maximum absolute atomic E-state index is 10.8. The predicted octanol–water partition coefficient (Wildman–Crippen LogP) is 4.14. The molecule has 0 aromatic carbocycles. The van der Waals surface area contributed by atoms with Crippen LogP contribution in [0.1, 0.15) is 88.5 Å². The summed E-state index contributed by atoms with van der Waals surface area (Å²) in [6, 6.07) is 0. The molecule has 0 aliphatic heterocycles. The van der Waals surface area contributed by atoms with Crippen LogP contribution in [0, 0.1) is 0 Å². The van der Waals surface area contributed by atoms with E-state index in [1.807, 2.05) is 13.8 Å². The van der Waals surface area contributed by atoms with Crippen molar-refractivity contribution in [1.82, 2.24) is 5.32 Å². The lowest BCUT2D eigenvalue weighted by molar-refractivity contribution is -0.123. The minimum absolute atomic E-state index is 0. The van der Waals surface area contributed by atoms with Gasteiger partial charge in [-0.2, -0.15) is 0 Å². The molecule has 0 unspecified atom stereocenters. The number of nitrogens with one attached hydrogen (secondary N) is 1. The second-order valence-corrected chi connectivity index (χ2v) is 5.22. The quantitative estimate of drug-likeness (QED) is 0.516. The summed E-state index contributed by atoms with van der Waals surface area (Å²) in [5.41, 5.74) is 0. The first kappa shape index (κ1) is 35.5. The molecule has 0 bridgehead atoms. The molecule has 0 aliphatic carbocycles. The first-order chi connectivity index (χ1) is 10.8. The van der Waals surface area contributed by atoms with Gasteiger partial charge in [0.15, 0.2) is 0 Å². The lowest BCUT2D eigenvalue weighted by Gasteiger charge is -2.04. The molecule has 6 heteroatoms. The summed E-state index contributed by atoms with van der Waals surface area (Å²) in [7, 11) is 0. The molecule has 0 atom stereocenters. The predicted molar refractivity (Wildman–Crippen MR) is 109 cm³/mol. The van der Waals surface area contributed by atoms with Gasteiger partial charge < -0.3 is 19.6 Å². The summed E-state index contributed by atoms with van der Waals surface area (Å²) in [5, 5.41) is 2.70. The fourth-order valence-electron chi connectivity index (χ4n) is 1.41. The van der Waals surface area contributed by atoms with Crippen molar-refractivity contribution in [3.8, 4) is 0 Å². The number of amides is 1. The van der Waals surface area contributed by atoms with E-state index in [0.29, 0.717) is 51.9 Å². The lowest BCUT2D eigenvalue weighted by Crippen LogP contribution is -2.26. The third kappa shape index (κ3) is 33.9. The molecule has 158 valence electrons. The van der Waals surface area contributed by atoms with Gasteiger partial charge in [-0.25, -0.2) is 0 Å². The molecule has 0 radical (unpaired) electrons. The number of Topliss-reactive ketones (excluding diaryl/α,β-unsaturated/α-hetero) is 3. The van der Waals surface area contributed by atoms with Crippen molar-refractivity contribution in [2.45, 2.75) is 88.5 Å². The Kier molecular flexibility index (Phi) is 35.1. The van der Waals surface area contributed by atoms with E-state index < -0.39 is 0 Å². The van der Waals surface area contributed by atoms with Crippen molar-refractivity contribution >= 4 is 23.3 Å². The average Bonchev–Trinajstić information content (AvgIpc) is 2.51. The van der Waals surface area contributed by atoms with Crippen molar-refractivity contribution < 1.29 is 23.9 Å². The second-order valence-electron chi connectivity index (χ2n) is 5.22. The summed E-state index contributed by atoms with van der Waals surface area (Å²) in [6.07, 6.45) is 3.22. The molecule has 0 saturated carbocycles. The summed E-state index contributed by atoms with van der Waals surface area (Å²) >= 11 is 0. The lowest BCUT2D eigenvalue weighted by atomic mass is 10.1. The maximum Gasteiger partial charge on any atom is 0.219 e. The molecular formula is C20H43NO5. The number of ether oxygens (including phenoxy) is 1. The Labute approximate surface area is 161 Å². The monoisotopic (exact) mass is 377 g/mol. The smallest absolute Gasteiger partial charge is 0.219 e. The van der Waals surface area contributed by atoms with Crippen LogP contribution in [0.15, 0.2) is 0 Å². The zero-order valence-electron chi connectivity index (χ0n) is 14.9. The van der Waals surface area contributed by atoms with Crippen LogP contribution < -0.4 is 5.32 Å². The van der Waals surface area contributed by atoms with Crippen molar-refractivity contribution in [3.05, 3.63) is 0 Å². The van der Waals surface area contributed by atoms with E-state index in [2.05, 4.69) is 5.32 Å². The molecule has 0 aromatic rings. The third-order valence-corrected chi connectivity index (χ3v) is 2.86. The van der Waals surface area contributed by atoms with E-state index in [9.17, 15) is 19.2 Å². The van der Waals surface area contributed by atoms with Crippen LogP contribution in [-0.2, 0) is 23.9 Å². The van der Waals surface area contributed by atoms with Crippen LogP contribution in [-0.4, -0.2) is 43.0 Å². The van der Waals surface area contributed by atoms with Crippen LogP contribution in [0.4, 0.5) is 0 Å². The zero-order chi connectivity index (χ0) is 18.1. The number of rotatable bonds is 12. The van der Waals surface area contributed by atoms with E-state index >= 15 is 0 Å². The fourth-order valence-corrected chi connectivity index (χ4v) is 1.41. The molecule has 0 aromatic heterocycles. The zero-order valence-corrected chi connectivity index (χ0v) is 14.9. The summed E-state index contributed by atoms with van der Waals surface area (Å²) in [5.74, 6) is 0.493. The first-order valence-corrected chi connectivity index (χ1v) is 8.18. The van der Waals surface area contributed by atoms with Crippen molar-refractivity contribution in [2.24, 2.45) is 0 Å².